The molecule has 5 heterocycles. The van der Waals surface area contributed by atoms with E-state index in [2.05, 4.69) is 92.7 Å². The molecule has 0 fully saturated rings. The van der Waals surface area contributed by atoms with Crippen LogP contribution in [0.1, 0.15) is 44.5 Å². The molecule has 0 spiro atoms. The zero-order chi connectivity index (χ0) is 68.1. The summed E-state index contributed by atoms with van der Waals surface area (Å²) in [5.74, 6) is -5.86. The molecule has 12 aromatic rings. The van der Waals surface area contributed by atoms with Gasteiger partial charge in [-0.2, -0.15) is 39.5 Å². The molecule has 0 aliphatic heterocycles. The first-order chi connectivity index (χ1) is 44.6. The average molecular weight is 2250 g/mol. The molecule has 25 heteroatoms. The molecule has 0 amide bonds. The molecule has 0 atom stereocenters. The van der Waals surface area contributed by atoms with Crippen molar-refractivity contribution in [3.8, 4) is 73.2 Å². The predicted molar refractivity (Wildman–Crippen MR) is 331 cm³/mol. The van der Waals surface area contributed by atoms with Crippen molar-refractivity contribution < 1.29 is 167 Å². The fraction of sp³-hybridized carbons (Fsp3) is 0.122. The van der Waals surface area contributed by atoms with Gasteiger partial charge in [-0.05, 0) is 97.4 Å². The molecule has 0 unspecified atom stereocenters. The first-order valence-electron chi connectivity index (χ1n) is 28.0. The molecule has 0 saturated carbocycles. The first-order valence-corrected chi connectivity index (χ1v) is 28.0. The van der Waals surface area contributed by atoms with Gasteiger partial charge in [-0.3, -0.25) is 26.9 Å². The molecule has 5 aromatic heterocycles. The van der Waals surface area contributed by atoms with Crippen molar-refractivity contribution in [3.05, 3.63) is 299 Å². The van der Waals surface area contributed by atoms with Gasteiger partial charge in [0.05, 0.1) is 24.3 Å². The van der Waals surface area contributed by atoms with Gasteiger partial charge in [-0.15, -0.1) is 119 Å². The number of rotatable bonds is 7. The topological polar surface area (TPSA) is 73.7 Å². The van der Waals surface area contributed by atoms with Crippen molar-refractivity contribution in [2.75, 3.05) is 7.11 Å². The van der Waals surface area contributed by atoms with Gasteiger partial charge in [0.25, 0.3) is 0 Å². The monoisotopic (exact) mass is 2260 g/mol. The largest absolute Gasteiger partial charge is 0.497 e. The molecule has 99 heavy (non-hydrogen) atoms. The van der Waals surface area contributed by atoms with Gasteiger partial charge in [0.15, 0.2) is 0 Å². The molecule has 12 rings (SSSR count). The minimum absolute atomic E-state index is 0. The molecule has 5 radical (unpaired) electrons. The molecule has 0 saturated heterocycles. The number of benzene rings is 7. The molecule has 0 aliphatic rings. The third-order valence-electron chi connectivity index (χ3n) is 13.9. The van der Waals surface area contributed by atoms with E-state index in [0.29, 0.717) is 52.4 Å². The summed E-state index contributed by atoms with van der Waals surface area (Å²) in [5, 5.41) is 1.16. The summed E-state index contributed by atoms with van der Waals surface area (Å²) in [7, 11) is 1.45. The average Bonchev–Trinajstić information content (AvgIpc) is 0.655. The van der Waals surface area contributed by atoms with E-state index in [1.165, 1.54) is 55.0 Å². The molecule has 0 bridgehead atoms. The molecule has 0 aliphatic carbocycles. The molecule has 7 aromatic carbocycles. The SMILES string of the molecule is COc1ccnc(-c2[c-]cc(F)c(C(F)(F)F)c2)c1C.Cc1cc(F)c[c-]c1-c1ncccc1C.Cc1cccnc1-c1[c-]cc(F)c(C(F)(F)F)c1.Cc1ccnc(-c2[c-]cc(F)c(C(F)(F)F)c2F)c1.[Ir].[Ir].[Ir].[Ir].[Ir].[c-]1cc(-c2ccccc2)ccc1-c1ccc2ccccc2n1. The Labute approximate surface area is 629 Å². The van der Waals surface area contributed by atoms with Crippen molar-refractivity contribution in [1.82, 2.24) is 24.9 Å². The van der Waals surface area contributed by atoms with Gasteiger partial charge in [-0.1, -0.05) is 119 Å². The summed E-state index contributed by atoms with van der Waals surface area (Å²) in [6.45, 7) is 8.90. The Morgan fingerprint density at radius 3 is 1.47 bits per heavy atom. The van der Waals surface area contributed by atoms with Crippen LogP contribution in [0.2, 0.25) is 0 Å². The number of aromatic nitrogens is 5. The van der Waals surface area contributed by atoms with E-state index in [0.717, 1.165) is 50.6 Å². The van der Waals surface area contributed by atoms with Crippen molar-refractivity contribution in [2.24, 2.45) is 0 Å². The Hall–Kier alpha value is -7.38. The second-order valence-corrected chi connectivity index (χ2v) is 20.6. The van der Waals surface area contributed by atoms with E-state index in [1.807, 2.05) is 68.4 Å². The molecule has 0 N–H and O–H groups in total. The maximum absolute atomic E-state index is 13.8. The summed E-state index contributed by atoms with van der Waals surface area (Å²) in [5.41, 5.74) is 6.72. The van der Waals surface area contributed by atoms with Crippen molar-refractivity contribution >= 4 is 10.9 Å². The number of pyridine rings is 5. The van der Waals surface area contributed by atoms with Crippen molar-refractivity contribution in [3.63, 3.8) is 0 Å². The number of para-hydroxylation sites is 1. The normalized spacial score (nSPS) is 10.6. The smallest absolute Gasteiger partial charge is 0.405 e. The van der Waals surface area contributed by atoms with E-state index < -0.39 is 64.1 Å². The quantitative estimate of drug-likeness (QED) is 0.117. The number of nitrogens with zero attached hydrogens (tertiary/aromatic N) is 5. The zero-order valence-corrected chi connectivity index (χ0v) is 64.1. The molecular weight excluding hydrogens is 2200 g/mol. The Bertz CT molecular complexity index is 4600. The minimum Gasteiger partial charge on any atom is -0.497 e. The van der Waals surface area contributed by atoms with Crippen LogP contribution in [0.4, 0.5) is 61.5 Å². The number of fused-ring (bicyclic) bond motifs is 1. The van der Waals surface area contributed by atoms with E-state index in [1.54, 1.807) is 51.2 Å². The van der Waals surface area contributed by atoms with Gasteiger partial charge in [-0.25, -0.2) is 0 Å². The predicted octanol–water partition coefficient (Wildman–Crippen LogP) is 20.9. The first kappa shape index (κ1) is 85.8. The summed E-state index contributed by atoms with van der Waals surface area (Å²) < 4.78 is 185. The fourth-order valence-corrected chi connectivity index (χ4v) is 9.24. The van der Waals surface area contributed by atoms with Crippen LogP contribution < -0.4 is 4.74 Å². The van der Waals surface area contributed by atoms with Crippen LogP contribution in [0.5, 0.6) is 5.75 Å². The van der Waals surface area contributed by atoms with Gasteiger partial charge in [0, 0.05) is 159 Å². The number of hydrogen-bond donors (Lipinski definition) is 0. The van der Waals surface area contributed by atoms with Crippen molar-refractivity contribution in [2.45, 2.75) is 53.1 Å². The van der Waals surface area contributed by atoms with E-state index in [4.69, 9.17) is 9.72 Å². The van der Waals surface area contributed by atoms with Crippen LogP contribution in [0.3, 0.4) is 0 Å². The summed E-state index contributed by atoms with van der Waals surface area (Å²) in [6, 6.07) is 60.2. The van der Waals surface area contributed by atoms with Crippen molar-refractivity contribution in [1.29, 1.82) is 0 Å². The molecule has 525 valence electrons. The molecular formula is C74H50F14Ir5N5O-5. The Morgan fingerprint density at radius 2 is 0.929 bits per heavy atom. The fourth-order valence-electron chi connectivity index (χ4n) is 9.24. The Kier molecular flexibility index (Phi) is 33.3. The maximum Gasteiger partial charge on any atom is 0.405 e. The van der Waals surface area contributed by atoms with Crippen LogP contribution in [-0.4, -0.2) is 32.0 Å². The van der Waals surface area contributed by atoms with E-state index in [9.17, 15) is 61.5 Å². The van der Waals surface area contributed by atoms with Gasteiger partial charge in [0.1, 0.15) is 5.75 Å². The summed E-state index contributed by atoms with van der Waals surface area (Å²) in [6.07, 6.45) is -8.66. The Balaban J connectivity index is 0.000000320. The zero-order valence-electron chi connectivity index (χ0n) is 52.1. The summed E-state index contributed by atoms with van der Waals surface area (Å²) in [4.78, 5) is 20.8. The minimum atomic E-state index is -5.11. The number of alkyl halides is 9. The molecule has 6 nitrogen and oxygen atoms in total. The number of aryl methyl sites for hydroxylation is 4. The van der Waals surface area contributed by atoms with E-state index >= 15 is 0 Å². The standard InChI is InChI=1S/C21H14N.C14H10F4NO.C13H7F5N.C13H8F4N.C13H11FN.5Ir/c1-2-6-16(7-3-1)17-10-12-19(13-11-17)21-15-14-18-8-4-5-9-20(18)22-21;1-8-12(20-2)5-6-19-13(8)9-3-4-11(15)10(7-9)14(16,17)18;1-7-4-5-19-10(6-7)8-2-3-9(14)11(12(8)15)13(16,17)18;1-8-3-2-6-18-12(8)9-4-5-11(14)10(7-9)13(15,16)17;1-9-4-3-7-15-13(9)12-6-5-11(14)8-10(12)2;;;;;/h1-12,14-15H;4-7H,1-2H3;3-6H,1H3;2-3,5-7H,1H3;3-5,7-8H,1-2H3;;;;;/q5*-1;;;;;. The van der Waals surface area contributed by atoms with Crippen LogP contribution in [0.15, 0.2) is 195 Å². The number of ether oxygens (including phenoxy) is 1. The van der Waals surface area contributed by atoms with Crippen LogP contribution in [0.25, 0.3) is 78.3 Å². The number of halogens is 14. The maximum atomic E-state index is 13.8. The second-order valence-electron chi connectivity index (χ2n) is 20.6. The van der Waals surface area contributed by atoms with E-state index in [-0.39, 0.29) is 129 Å². The number of hydrogen-bond acceptors (Lipinski definition) is 6. The van der Waals surface area contributed by atoms with Gasteiger partial charge in [0.2, 0.25) is 0 Å². The third kappa shape index (κ3) is 22.8. The Morgan fingerprint density at radius 1 is 0.394 bits per heavy atom. The van der Waals surface area contributed by atoms with Crippen LogP contribution in [-0.2, 0) is 119 Å². The van der Waals surface area contributed by atoms with Gasteiger partial charge < -0.3 is 24.7 Å². The number of methoxy groups -OCH3 is 1. The van der Waals surface area contributed by atoms with Gasteiger partial charge >= 0.3 is 18.5 Å². The second kappa shape index (κ2) is 38.4. The van der Waals surface area contributed by atoms with Crippen LogP contribution in [0, 0.1) is 94.0 Å². The summed E-state index contributed by atoms with van der Waals surface area (Å²) >= 11 is 0. The third-order valence-corrected chi connectivity index (χ3v) is 13.9. The van der Waals surface area contributed by atoms with Crippen LogP contribution >= 0.6 is 0 Å².